The van der Waals surface area contributed by atoms with Crippen LogP contribution in [0, 0.1) is 19.3 Å². The maximum Gasteiger partial charge on any atom is 0.155 e. The largest absolute Gasteiger partial charge is 0.497 e. The van der Waals surface area contributed by atoms with Crippen molar-refractivity contribution in [2.75, 3.05) is 25.1 Å². The lowest BCUT2D eigenvalue weighted by atomic mass is 9.76. The summed E-state index contributed by atoms with van der Waals surface area (Å²) >= 11 is 0. The average Bonchev–Trinajstić information content (AvgIpc) is 3.50. The Bertz CT molecular complexity index is 1370. The molecule has 1 aliphatic carbocycles. The van der Waals surface area contributed by atoms with Crippen LogP contribution < -0.4 is 9.64 Å². The van der Waals surface area contributed by atoms with Crippen LogP contribution in [-0.2, 0) is 19.9 Å². The van der Waals surface area contributed by atoms with Crippen molar-refractivity contribution < 1.29 is 4.74 Å². The van der Waals surface area contributed by atoms with Gasteiger partial charge in [0.2, 0.25) is 0 Å². The van der Waals surface area contributed by atoms with Crippen molar-refractivity contribution in [3.05, 3.63) is 59.0 Å². The number of hydrogen-bond acceptors (Lipinski definition) is 5. The van der Waals surface area contributed by atoms with E-state index in [1.54, 1.807) is 7.11 Å². The number of hydrogen-bond donors (Lipinski definition) is 0. The van der Waals surface area contributed by atoms with Crippen LogP contribution in [0.2, 0.25) is 0 Å². The van der Waals surface area contributed by atoms with Gasteiger partial charge in [-0.1, -0.05) is 6.07 Å². The Kier molecular flexibility index (Phi) is 5.55. The Hall–Kier alpha value is -3.06. The third-order valence-electron chi connectivity index (χ3n) is 7.61. The van der Waals surface area contributed by atoms with E-state index in [2.05, 4.69) is 52.4 Å². The topological polar surface area (TPSA) is 60.5 Å². The zero-order valence-electron chi connectivity index (χ0n) is 20.2. The zero-order chi connectivity index (χ0) is 22.7. The van der Waals surface area contributed by atoms with Crippen molar-refractivity contribution >= 4 is 23.7 Å². The fourth-order valence-electron chi connectivity index (χ4n) is 5.92. The number of halogens is 1. The molecule has 0 N–H and O–H groups in total. The van der Waals surface area contributed by atoms with Gasteiger partial charge in [0.05, 0.1) is 30.4 Å². The highest BCUT2D eigenvalue weighted by atomic mass is 35.5. The number of piperidine rings is 1. The van der Waals surface area contributed by atoms with Crippen molar-refractivity contribution in [3.63, 3.8) is 0 Å². The molecule has 0 saturated carbocycles. The van der Waals surface area contributed by atoms with Gasteiger partial charge in [-0.05, 0) is 80.3 Å². The number of nitrogens with zero attached hydrogens (tertiary/aromatic N) is 6. The summed E-state index contributed by atoms with van der Waals surface area (Å²) in [5.74, 6) is 2.01. The molecule has 3 aromatic heterocycles. The van der Waals surface area contributed by atoms with Crippen LogP contribution in [0.1, 0.15) is 35.4 Å². The van der Waals surface area contributed by atoms with Crippen LogP contribution in [0.25, 0.3) is 16.9 Å². The van der Waals surface area contributed by atoms with E-state index in [0.29, 0.717) is 5.41 Å². The molecule has 6 rings (SSSR count). The molecule has 0 radical (unpaired) electrons. The van der Waals surface area contributed by atoms with E-state index in [1.807, 2.05) is 29.4 Å². The molecular formula is C26H31ClN6O. The summed E-state index contributed by atoms with van der Waals surface area (Å²) in [6.07, 6.45) is 6.55. The van der Waals surface area contributed by atoms with Crippen LogP contribution in [-0.4, -0.2) is 44.6 Å². The van der Waals surface area contributed by atoms with Gasteiger partial charge in [0, 0.05) is 20.1 Å². The van der Waals surface area contributed by atoms with Crippen LogP contribution in [0.4, 0.5) is 5.82 Å². The number of aryl methyl sites for hydroxylation is 3. The third-order valence-corrected chi connectivity index (χ3v) is 7.61. The molecule has 1 saturated heterocycles. The van der Waals surface area contributed by atoms with E-state index in [1.165, 1.54) is 30.4 Å². The predicted octanol–water partition coefficient (Wildman–Crippen LogP) is 4.56. The fourth-order valence-corrected chi connectivity index (χ4v) is 5.92. The number of ether oxygens (including phenoxy) is 1. The second kappa shape index (κ2) is 8.31. The summed E-state index contributed by atoms with van der Waals surface area (Å²) in [6, 6.07) is 10.8. The number of anilines is 1. The minimum absolute atomic E-state index is 0. The van der Waals surface area contributed by atoms with Gasteiger partial charge in [-0.25, -0.2) is 9.50 Å². The lowest BCUT2D eigenvalue weighted by Crippen LogP contribution is -2.41. The fraction of sp³-hybridized carbons (Fsp3) is 0.423. The minimum Gasteiger partial charge on any atom is -0.497 e. The molecular weight excluding hydrogens is 448 g/mol. The molecule has 1 aromatic carbocycles. The molecule has 0 unspecified atom stereocenters. The molecule has 0 amide bonds. The molecule has 0 atom stereocenters. The zero-order valence-corrected chi connectivity index (χ0v) is 21.0. The van der Waals surface area contributed by atoms with E-state index in [9.17, 15) is 0 Å². The number of benzene rings is 1. The Balaban J connectivity index is 0.00000241. The highest BCUT2D eigenvalue weighted by molar-refractivity contribution is 5.85. The van der Waals surface area contributed by atoms with Gasteiger partial charge in [-0.3, -0.25) is 4.68 Å². The number of rotatable bonds is 3. The number of aromatic nitrogens is 5. The molecule has 0 bridgehead atoms. The van der Waals surface area contributed by atoms with Crippen molar-refractivity contribution in [2.45, 2.75) is 39.5 Å². The van der Waals surface area contributed by atoms with E-state index >= 15 is 0 Å². The smallest absolute Gasteiger partial charge is 0.155 e. The number of methoxy groups -OCH3 is 1. The molecule has 34 heavy (non-hydrogen) atoms. The Morgan fingerprint density at radius 1 is 1.00 bits per heavy atom. The van der Waals surface area contributed by atoms with Gasteiger partial charge >= 0.3 is 0 Å². The lowest BCUT2D eigenvalue weighted by molar-refractivity contribution is 0.232. The molecule has 1 fully saturated rings. The minimum atomic E-state index is 0. The van der Waals surface area contributed by atoms with Crippen LogP contribution in [0.3, 0.4) is 0 Å². The molecule has 1 spiro atoms. The molecule has 8 heteroatoms. The van der Waals surface area contributed by atoms with Crippen LogP contribution in [0.15, 0.2) is 36.5 Å². The van der Waals surface area contributed by atoms with Crippen LogP contribution in [0.5, 0.6) is 5.75 Å². The first-order valence-corrected chi connectivity index (χ1v) is 11.7. The number of fused-ring (bicyclic) bond motifs is 2. The van der Waals surface area contributed by atoms with Crippen molar-refractivity contribution in [3.8, 4) is 17.1 Å². The average molecular weight is 479 g/mol. The lowest BCUT2D eigenvalue weighted by Gasteiger charge is -2.40. The predicted molar refractivity (Wildman–Crippen MR) is 136 cm³/mol. The normalized spacial score (nSPS) is 16.6. The second-order valence-corrected chi connectivity index (χ2v) is 9.77. The maximum atomic E-state index is 5.45. The molecule has 2 aliphatic rings. The highest BCUT2D eigenvalue weighted by Gasteiger charge is 2.40. The first-order chi connectivity index (χ1) is 16.0. The van der Waals surface area contributed by atoms with Crippen LogP contribution >= 0.6 is 12.4 Å². The third kappa shape index (κ3) is 3.54. The summed E-state index contributed by atoms with van der Waals surface area (Å²) in [5.41, 5.74) is 8.40. The van der Waals surface area contributed by atoms with Crippen molar-refractivity contribution in [1.29, 1.82) is 0 Å². The van der Waals surface area contributed by atoms with Gasteiger partial charge in [0.1, 0.15) is 17.0 Å². The molecule has 178 valence electrons. The molecule has 7 nitrogen and oxygen atoms in total. The summed E-state index contributed by atoms with van der Waals surface area (Å²) in [6.45, 7) is 6.13. The quantitative estimate of drug-likeness (QED) is 0.432. The summed E-state index contributed by atoms with van der Waals surface area (Å²) in [7, 11) is 3.72. The van der Waals surface area contributed by atoms with Gasteiger partial charge in [0.15, 0.2) is 5.82 Å². The summed E-state index contributed by atoms with van der Waals surface area (Å²) in [5, 5.41) is 9.20. The SMILES string of the molecule is COc1ccc2c(c1)CC1(CCN(c3nc(C)c(-c4cc(C)nn4C)n4nccc34)CC1)C2.Cl. The summed E-state index contributed by atoms with van der Waals surface area (Å²) < 4.78 is 9.41. The van der Waals surface area contributed by atoms with E-state index < -0.39 is 0 Å². The first kappa shape index (κ1) is 22.7. The second-order valence-electron chi connectivity index (χ2n) is 9.77. The Morgan fingerprint density at radius 2 is 1.76 bits per heavy atom. The maximum absolute atomic E-state index is 5.45. The first-order valence-electron chi connectivity index (χ1n) is 11.7. The molecule has 1 aliphatic heterocycles. The van der Waals surface area contributed by atoms with E-state index in [4.69, 9.17) is 9.72 Å². The van der Waals surface area contributed by atoms with Gasteiger partial charge < -0.3 is 9.64 Å². The van der Waals surface area contributed by atoms with E-state index in [0.717, 1.165) is 59.4 Å². The van der Waals surface area contributed by atoms with Gasteiger partial charge in [-0.15, -0.1) is 12.4 Å². The van der Waals surface area contributed by atoms with Gasteiger partial charge in [-0.2, -0.15) is 10.2 Å². The standard InChI is InChI=1S/C26H30N6O.ClH/c1-17-13-23(30(3)29-17)24-18(2)28-25(22-7-10-27-32(22)24)31-11-8-26(9-12-31)15-19-5-6-21(33-4)14-20(19)16-26;/h5-7,10,13-14H,8-9,11-12,15-16H2,1-4H3;1H. The highest BCUT2D eigenvalue weighted by Crippen LogP contribution is 2.46. The summed E-state index contributed by atoms with van der Waals surface area (Å²) in [4.78, 5) is 7.56. The van der Waals surface area contributed by atoms with Gasteiger partial charge in [0.25, 0.3) is 0 Å². The van der Waals surface area contributed by atoms with E-state index in [-0.39, 0.29) is 12.4 Å². The molecule has 4 aromatic rings. The molecule has 4 heterocycles. The Labute approximate surface area is 206 Å². The monoisotopic (exact) mass is 478 g/mol. The Morgan fingerprint density at radius 3 is 2.47 bits per heavy atom. The van der Waals surface area contributed by atoms with Crippen molar-refractivity contribution in [1.82, 2.24) is 24.4 Å². The van der Waals surface area contributed by atoms with Crippen molar-refractivity contribution in [2.24, 2.45) is 12.5 Å².